The Morgan fingerprint density at radius 3 is 1.80 bits per heavy atom. The predicted molar refractivity (Wildman–Crippen MR) is 33.3 cm³/mol. The lowest BCUT2D eigenvalue weighted by Gasteiger charge is -2.10. The summed E-state index contributed by atoms with van der Waals surface area (Å²) in [4.78, 5) is 0. The molecule has 3 nitrogen and oxygen atoms in total. The Morgan fingerprint density at radius 2 is 1.50 bits per heavy atom. The number of quaternary nitrogens is 1. The second kappa shape index (κ2) is 4.91. The van der Waals surface area contributed by atoms with Crippen molar-refractivity contribution in [1.29, 1.82) is 0 Å². The normalized spacial score (nSPS) is 31.8. The first-order chi connectivity index (χ1) is 4.38. The molecule has 0 spiro atoms. The summed E-state index contributed by atoms with van der Waals surface area (Å²) in [6.45, 7) is 2.07. The van der Waals surface area contributed by atoms with Gasteiger partial charge in [0, 0.05) is 14.2 Å². The van der Waals surface area contributed by atoms with Gasteiger partial charge in [-0.05, 0) is 0 Å². The van der Waals surface area contributed by atoms with Crippen LogP contribution >= 0.6 is 0 Å². The molecule has 0 aliphatic carbocycles. The van der Waals surface area contributed by atoms with E-state index in [4.69, 9.17) is 9.47 Å². The maximum atomic E-state index is 5.16. The number of nitrogens with two attached hydrogens (primary N) is 1. The third kappa shape index (κ3) is 2.09. The Kier molecular flexibility index (Phi) is 4.99. The lowest BCUT2D eigenvalue weighted by Crippen LogP contribution is -3.00. The summed E-state index contributed by atoms with van der Waals surface area (Å²) in [5.74, 6) is 0. The number of ether oxygens (including phenoxy) is 2. The van der Waals surface area contributed by atoms with E-state index in [0.29, 0.717) is 12.2 Å². The van der Waals surface area contributed by atoms with Crippen molar-refractivity contribution >= 4 is 0 Å². The van der Waals surface area contributed by atoms with Gasteiger partial charge in [-0.15, -0.1) is 0 Å². The third-order valence-corrected chi connectivity index (χ3v) is 1.82. The molecular weight excluding hydrogens is 154 g/mol. The molecule has 0 bridgehead atoms. The van der Waals surface area contributed by atoms with E-state index >= 15 is 0 Å². The van der Waals surface area contributed by atoms with Crippen LogP contribution in [0.5, 0.6) is 0 Å². The predicted octanol–water partition coefficient (Wildman–Crippen LogP) is -4.40. The van der Waals surface area contributed by atoms with Crippen LogP contribution in [0.4, 0.5) is 0 Å². The van der Waals surface area contributed by atoms with Gasteiger partial charge in [-0.25, -0.2) is 0 Å². The van der Waals surface area contributed by atoms with E-state index in [-0.39, 0.29) is 12.4 Å². The average molecular weight is 168 g/mol. The molecule has 1 aliphatic heterocycles. The van der Waals surface area contributed by atoms with Gasteiger partial charge in [0.15, 0.2) is 0 Å². The Balaban J connectivity index is 0.000000810. The molecule has 1 aliphatic rings. The second-order valence-corrected chi connectivity index (χ2v) is 2.31. The van der Waals surface area contributed by atoms with Gasteiger partial charge in [0.2, 0.25) is 0 Å². The van der Waals surface area contributed by atoms with E-state index < -0.39 is 0 Å². The van der Waals surface area contributed by atoms with E-state index in [1.807, 2.05) is 0 Å². The van der Waals surface area contributed by atoms with Crippen molar-refractivity contribution in [1.82, 2.24) is 0 Å². The largest absolute Gasteiger partial charge is 1.00 e. The van der Waals surface area contributed by atoms with Crippen molar-refractivity contribution in [3.63, 3.8) is 0 Å². The zero-order valence-electron chi connectivity index (χ0n) is 6.34. The van der Waals surface area contributed by atoms with Crippen molar-refractivity contribution in [2.45, 2.75) is 12.2 Å². The van der Waals surface area contributed by atoms with Gasteiger partial charge in [0.25, 0.3) is 0 Å². The molecule has 10 heavy (non-hydrogen) atoms. The van der Waals surface area contributed by atoms with Crippen LogP contribution in [0.1, 0.15) is 0 Å². The molecule has 1 rings (SSSR count). The molecule has 0 aromatic rings. The first-order valence-corrected chi connectivity index (χ1v) is 3.25. The molecule has 0 saturated carbocycles. The van der Waals surface area contributed by atoms with E-state index in [1.54, 1.807) is 14.2 Å². The SMILES string of the molecule is COC1C[NH2+]CC1OC.[Cl-]. The number of hydrogen-bond acceptors (Lipinski definition) is 2. The molecule has 2 unspecified atom stereocenters. The molecule has 0 radical (unpaired) electrons. The van der Waals surface area contributed by atoms with Crippen LogP contribution in [0.15, 0.2) is 0 Å². The second-order valence-electron chi connectivity index (χ2n) is 2.31. The molecule has 2 atom stereocenters. The zero-order chi connectivity index (χ0) is 6.69. The maximum absolute atomic E-state index is 5.16. The molecule has 0 amide bonds. The smallest absolute Gasteiger partial charge is 0.137 e. The lowest BCUT2D eigenvalue weighted by molar-refractivity contribution is -0.640. The molecule has 0 aromatic heterocycles. The van der Waals surface area contributed by atoms with Crippen LogP contribution in [-0.2, 0) is 9.47 Å². The van der Waals surface area contributed by atoms with E-state index in [9.17, 15) is 0 Å². The van der Waals surface area contributed by atoms with Gasteiger partial charge < -0.3 is 27.2 Å². The Morgan fingerprint density at radius 1 is 1.10 bits per heavy atom. The number of methoxy groups -OCH3 is 2. The van der Waals surface area contributed by atoms with Crippen LogP contribution in [0.3, 0.4) is 0 Å². The first kappa shape index (κ1) is 10.2. The van der Waals surface area contributed by atoms with Gasteiger partial charge >= 0.3 is 0 Å². The van der Waals surface area contributed by atoms with Gasteiger partial charge in [-0.2, -0.15) is 0 Å². The highest BCUT2D eigenvalue weighted by atomic mass is 35.5. The van der Waals surface area contributed by atoms with Crippen molar-refractivity contribution in [3.05, 3.63) is 0 Å². The monoisotopic (exact) mass is 167 g/mol. The van der Waals surface area contributed by atoms with Crippen LogP contribution < -0.4 is 17.7 Å². The highest BCUT2D eigenvalue weighted by Crippen LogP contribution is 2.01. The van der Waals surface area contributed by atoms with Crippen LogP contribution in [-0.4, -0.2) is 39.5 Å². The minimum absolute atomic E-state index is 0. The van der Waals surface area contributed by atoms with Gasteiger partial charge in [-0.1, -0.05) is 0 Å². The Labute approximate surface area is 67.5 Å². The lowest BCUT2D eigenvalue weighted by atomic mass is 10.3. The molecule has 1 saturated heterocycles. The third-order valence-electron chi connectivity index (χ3n) is 1.82. The molecule has 4 heteroatoms. The van der Waals surface area contributed by atoms with E-state index in [0.717, 1.165) is 13.1 Å². The fourth-order valence-electron chi connectivity index (χ4n) is 1.22. The van der Waals surface area contributed by atoms with E-state index in [1.165, 1.54) is 0 Å². The van der Waals surface area contributed by atoms with Crippen LogP contribution in [0, 0.1) is 0 Å². The van der Waals surface area contributed by atoms with E-state index in [2.05, 4.69) is 5.32 Å². The van der Waals surface area contributed by atoms with Crippen molar-refractivity contribution in [2.24, 2.45) is 0 Å². The summed E-state index contributed by atoms with van der Waals surface area (Å²) in [5.41, 5.74) is 0. The molecule has 0 aromatic carbocycles. The fourth-order valence-corrected chi connectivity index (χ4v) is 1.22. The quantitative estimate of drug-likeness (QED) is 0.451. The summed E-state index contributed by atoms with van der Waals surface area (Å²) < 4.78 is 10.3. The summed E-state index contributed by atoms with van der Waals surface area (Å²) in [6, 6.07) is 0. The molecular formula is C6H14ClNO2. The summed E-state index contributed by atoms with van der Waals surface area (Å²) in [5, 5.41) is 2.21. The number of hydrogen-bond donors (Lipinski definition) is 1. The number of halogens is 1. The minimum Gasteiger partial charge on any atom is -1.00 e. The molecule has 62 valence electrons. The Bertz CT molecular complexity index is 81.8. The maximum Gasteiger partial charge on any atom is 0.137 e. The van der Waals surface area contributed by atoms with Crippen LogP contribution in [0.2, 0.25) is 0 Å². The fraction of sp³-hybridized carbons (Fsp3) is 1.00. The standard InChI is InChI=1S/C6H13NO2.ClH/c1-8-5-3-7-4-6(5)9-2;/h5-7H,3-4H2,1-2H3;1H. The zero-order valence-corrected chi connectivity index (χ0v) is 7.10. The van der Waals surface area contributed by atoms with Gasteiger partial charge in [0.1, 0.15) is 25.3 Å². The van der Waals surface area contributed by atoms with Crippen LogP contribution in [0.25, 0.3) is 0 Å². The summed E-state index contributed by atoms with van der Waals surface area (Å²) in [6.07, 6.45) is 0.602. The van der Waals surface area contributed by atoms with Crippen molar-refractivity contribution in [2.75, 3.05) is 27.3 Å². The number of rotatable bonds is 2. The van der Waals surface area contributed by atoms with Gasteiger partial charge in [-0.3, -0.25) is 0 Å². The molecule has 1 heterocycles. The van der Waals surface area contributed by atoms with Gasteiger partial charge in [0.05, 0.1) is 0 Å². The summed E-state index contributed by atoms with van der Waals surface area (Å²) in [7, 11) is 3.46. The first-order valence-electron chi connectivity index (χ1n) is 3.25. The highest BCUT2D eigenvalue weighted by Gasteiger charge is 2.29. The molecule has 1 fully saturated rings. The minimum atomic E-state index is 0. The highest BCUT2D eigenvalue weighted by molar-refractivity contribution is 4.71. The Hall–Kier alpha value is 0.170. The topological polar surface area (TPSA) is 35.1 Å². The average Bonchev–Trinajstić information content (AvgIpc) is 2.33. The summed E-state index contributed by atoms with van der Waals surface area (Å²) >= 11 is 0. The van der Waals surface area contributed by atoms with Crippen molar-refractivity contribution in [3.8, 4) is 0 Å². The van der Waals surface area contributed by atoms with Crippen molar-refractivity contribution < 1.29 is 27.2 Å². The molecule has 2 N–H and O–H groups in total.